The van der Waals surface area contributed by atoms with Crippen LogP contribution in [0.25, 0.3) is 0 Å². The molecule has 3 rings (SSSR count). The van der Waals surface area contributed by atoms with Gasteiger partial charge in [-0.3, -0.25) is 4.79 Å². The average Bonchev–Trinajstić information content (AvgIpc) is 2.62. The van der Waals surface area contributed by atoms with E-state index in [2.05, 4.69) is 20.6 Å². The Bertz CT molecular complexity index is 976. The summed E-state index contributed by atoms with van der Waals surface area (Å²) in [6, 6.07) is 12.4. The van der Waals surface area contributed by atoms with E-state index in [4.69, 9.17) is 23.2 Å². The van der Waals surface area contributed by atoms with Crippen molar-refractivity contribution >= 4 is 46.4 Å². The van der Waals surface area contributed by atoms with E-state index in [0.717, 1.165) is 16.8 Å². The Morgan fingerprint density at radius 2 is 1.85 bits per heavy atom. The van der Waals surface area contributed by atoms with Gasteiger partial charge in [-0.25, -0.2) is 9.97 Å². The number of nitrogens with one attached hydrogen (secondary N) is 2. The first-order valence-electron chi connectivity index (χ1n) is 7.87. The Labute approximate surface area is 161 Å². The van der Waals surface area contributed by atoms with E-state index in [9.17, 15) is 4.79 Å². The van der Waals surface area contributed by atoms with Crippen molar-refractivity contribution in [3.8, 4) is 0 Å². The normalized spacial score (nSPS) is 10.5. The third-order valence-electron chi connectivity index (χ3n) is 3.83. The lowest BCUT2D eigenvalue weighted by Gasteiger charge is -2.10. The highest BCUT2D eigenvalue weighted by Gasteiger charge is 2.11. The first kappa shape index (κ1) is 18.2. The standard InChI is InChI=1S/C19H16Cl2N4O/c1-11-6-7-13(10-15(11)21)23-18(26)17-8-9-22-19(25-17)24-16-5-3-4-14(20)12(16)2/h3-10H,1-2H3,(H,23,26)(H,22,24,25). The Kier molecular flexibility index (Phi) is 5.40. The number of rotatable bonds is 4. The van der Waals surface area contributed by atoms with Crippen LogP contribution in [0.5, 0.6) is 0 Å². The molecule has 1 aromatic heterocycles. The summed E-state index contributed by atoms with van der Waals surface area (Å²) in [5.41, 5.74) is 3.43. The van der Waals surface area contributed by atoms with Gasteiger partial charge in [-0.15, -0.1) is 0 Å². The number of carbonyl (C=O) groups is 1. The summed E-state index contributed by atoms with van der Waals surface area (Å²) in [5, 5.41) is 7.08. The Morgan fingerprint density at radius 3 is 2.62 bits per heavy atom. The van der Waals surface area contributed by atoms with Crippen molar-refractivity contribution in [2.45, 2.75) is 13.8 Å². The zero-order valence-corrected chi connectivity index (χ0v) is 15.7. The molecule has 0 saturated carbocycles. The lowest BCUT2D eigenvalue weighted by atomic mass is 10.2. The number of anilines is 3. The Morgan fingerprint density at radius 1 is 1.04 bits per heavy atom. The highest BCUT2D eigenvalue weighted by molar-refractivity contribution is 6.32. The van der Waals surface area contributed by atoms with Crippen LogP contribution < -0.4 is 10.6 Å². The first-order chi connectivity index (χ1) is 12.4. The quantitative estimate of drug-likeness (QED) is 0.629. The molecule has 0 aliphatic rings. The Hall–Kier alpha value is -2.63. The molecule has 0 aliphatic carbocycles. The molecule has 2 aromatic carbocycles. The molecule has 0 radical (unpaired) electrons. The van der Waals surface area contributed by atoms with Gasteiger partial charge in [0.1, 0.15) is 5.69 Å². The summed E-state index contributed by atoms with van der Waals surface area (Å²) in [4.78, 5) is 20.9. The minimum Gasteiger partial charge on any atom is -0.324 e. The Balaban J connectivity index is 1.79. The second kappa shape index (κ2) is 7.72. The lowest BCUT2D eigenvalue weighted by Crippen LogP contribution is -2.15. The number of halogens is 2. The van der Waals surface area contributed by atoms with Crippen molar-refractivity contribution in [3.63, 3.8) is 0 Å². The average molecular weight is 387 g/mol. The SMILES string of the molecule is Cc1ccc(NC(=O)c2ccnc(Nc3cccc(Cl)c3C)n2)cc1Cl. The number of carbonyl (C=O) groups excluding carboxylic acids is 1. The maximum atomic E-state index is 12.4. The molecule has 0 unspecified atom stereocenters. The predicted molar refractivity (Wildman–Crippen MR) is 106 cm³/mol. The van der Waals surface area contributed by atoms with E-state index in [1.54, 1.807) is 24.3 Å². The minimum atomic E-state index is -0.349. The molecule has 0 atom stereocenters. The second-order valence-corrected chi connectivity index (χ2v) is 6.54. The third-order valence-corrected chi connectivity index (χ3v) is 4.65. The molecule has 0 bridgehead atoms. The van der Waals surface area contributed by atoms with Gasteiger partial charge in [-0.2, -0.15) is 0 Å². The summed E-state index contributed by atoms with van der Waals surface area (Å²) < 4.78 is 0. The van der Waals surface area contributed by atoms with Crippen molar-refractivity contribution in [3.05, 3.63) is 75.5 Å². The molecule has 1 amide bonds. The number of benzene rings is 2. The largest absolute Gasteiger partial charge is 0.324 e. The van der Waals surface area contributed by atoms with Crippen LogP contribution >= 0.6 is 23.2 Å². The zero-order chi connectivity index (χ0) is 18.7. The molecular weight excluding hydrogens is 371 g/mol. The van der Waals surface area contributed by atoms with Crippen LogP contribution in [0, 0.1) is 13.8 Å². The number of hydrogen-bond donors (Lipinski definition) is 2. The van der Waals surface area contributed by atoms with E-state index in [1.165, 1.54) is 6.20 Å². The van der Waals surface area contributed by atoms with Crippen LogP contribution in [0.2, 0.25) is 10.0 Å². The molecule has 7 heteroatoms. The van der Waals surface area contributed by atoms with Crippen molar-refractivity contribution in [2.24, 2.45) is 0 Å². The molecule has 2 N–H and O–H groups in total. The summed E-state index contributed by atoms with van der Waals surface area (Å²) in [5.74, 6) is -0.0388. The summed E-state index contributed by atoms with van der Waals surface area (Å²) >= 11 is 12.2. The minimum absolute atomic E-state index is 0.235. The van der Waals surface area contributed by atoms with E-state index in [-0.39, 0.29) is 11.6 Å². The fourth-order valence-electron chi connectivity index (χ4n) is 2.27. The van der Waals surface area contributed by atoms with Gasteiger partial charge >= 0.3 is 0 Å². The van der Waals surface area contributed by atoms with Crippen LogP contribution in [0.1, 0.15) is 21.6 Å². The van der Waals surface area contributed by atoms with Gasteiger partial charge in [0.2, 0.25) is 5.95 Å². The van der Waals surface area contributed by atoms with Crippen molar-refractivity contribution in [1.29, 1.82) is 0 Å². The molecule has 0 aliphatic heterocycles. The van der Waals surface area contributed by atoms with Gasteiger partial charge < -0.3 is 10.6 Å². The summed E-state index contributed by atoms with van der Waals surface area (Å²) in [7, 11) is 0. The molecule has 1 heterocycles. The lowest BCUT2D eigenvalue weighted by molar-refractivity contribution is 0.102. The topological polar surface area (TPSA) is 66.9 Å². The molecule has 0 spiro atoms. The van der Waals surface area contributed by atoms with Gasteiger partial charge in [-0.05, 0) is 55.3 Å². The smallest absolute Gasteiger partial charge is 0.274 e. The number of nitrogens with zero attached hydrogens (tertiary/aromatic N) is 2. The van der Waals surface area contributed by atoms with E-state index in [1.807, 2.05) is 32.0 Å². The molecule has 5 nitrogen and oxygen atoms in total. The van der Waals surface area contributed by atoms with Crippen molar-refractivity contribution in [1.82, 2.24) is 9.97 Å². The molecule has 26 heavy (non-hydrogen) atoms. The number of aromatic nitrogens is 2. The fraction of sp³-hybridized carbons (Fsp3) is 0.105. The van der Waals surface area contributed by atoms with Gasteiger partial charge in [0.25, 0.3) is 5.91 Å². The molecule has 0 fully saturated rings. The van der Waals surface area contributed by atoms with Crippen LogP contribution in [0.15, 0.2) is 48.7 Å². The monoisotopic (exact) mass is 386 g/mol. The maximum Gasteiger partial charge on any atom is 0.274 e. The van der Waals surface area contributed by atoms with Gasteiger partial charge in [0.15, 0.2) is 0 Å². The van der Waals surface area contributed by atoms with E-state index >= 15 is 0 Å². The number of amides is 1. The van der Waals surface area contributed by atoms with Gasteiger partial charge in [0, 0.05) is 27.6 Å². The van der Waals surface area contributed by atoms with Crippen molar-refractivity contribution in [2.75, 3.05) is 10.6 Å². The fourth-order valence-corrected chi connectivity index (χ4v) is 2.63. The van der Waals surface area contributed by atoms with Gasteiger partial charge in [0.05, 0.1) is 0 Å². The molecule has 0 saturated heterocycles. The molecule has 3 aromatic rings. The van der Waals surface area contributed by atoms with E-state index < -0.39 is 0 Å². The van der Waals surface area contributed by atoms with Gasteiger partial charge in [-0.1, -0.05) is 35.3 Å². The van der Waals surface area contributed by atoms with Crippen LogP contribution in [-0.4, -0.2) is 15.9 Å². The number of aryl methyl sites for hydroxylation is 1. The highest BCUT2D eigenvalue weighted by Crippen LogP contribution is 2.25. The first-order valence-corrected chi connectivity index (χ1v) is 8.62. The van der Waals surface area contributed by atoms with Crippen molar-refractivity contribution < 1.29 is 4.79 Å². The third kappa shape index (κ3) is 4.12. The second-order valence-electron chi connectivity index (χ2n) is 5.72. The molecule has 132 valence electrons. The highest BCUT2D eigenvalue weighted by atomic mass is 35.5. The predicted octanol–water partition coefficient (Wildman–Crippen LogP) is 5.40. The maximum absolute atomic E-state index is 12.4. The summed E-state index contributed by atoms with van der Waals surface area (Å²) in [6.45, 7) is 3.79. The number of hydrogen-bond acceptors (Lipinski definition) is 4. The van der Waals surface area contributed by atoms with Crippen LogP contribution in [0.3, 0.4) is 0 Å². The molecular formula is C19H16Cl2N4O. The zero-order valence-electron chi connectivity index (χ0n) is 14.2. The summed E-state index contributed by atoms with van der Waals surface area (Å²) in [6.07, 6.45) is 1.52. The van der Waals surface area contributed by atoms with Crippen LogP contribution in [0.4, 0.5) is 17.3 Å². The van der Waals surface area contributed by atoms with E-state index in [0.29, 0.717) is 21.7 Å². The van der Waals surface area contributed by atoms with Crippen LogP contribution in [-0.2, 0) is 0 Å².